The number of aliphatic imine (C=N–C) groups is 1. The molecule has 40 heteroatoms. The molecule has 7 rings (SSSR count). The van der Waals surface area contributed by atoms with Gasteiger partial charge in [0.25, 0.3) is 0 Å². The molecule has 40 nitrogen and oxygen atoms in total. The molecule has 0 bridgehead atoms. The van der Waals surface area contributed by atoms with Gasteiger partial charge in [0.05, 0.1) is 6.10 Å². The second-order valence-corrected chi connectivity index (χ2v) is 32.1. The number of nitrogens with one attached hydrogen (secondary N) is 13. The predicted molar refractivity (Wildman–Crippen MR) is 458 cm³/mol. The zero-order valence-electron chi connectivity index (χ0n) is 70.8. The summed E-state index contributed by atoms with van der Waals surface area (Å²) in [6, 6.07) is -5.58. The first-order valence-corrected chi connectivity index (χ1v) is 42.6. The quantitative estimate of drug-likeness (QED) is 0.0138. The second kappa shape index (κ2) is 49.3. The molecule has 674 valence electrons. The standard InChI is InChI=1S/C82H131N25O15/c1-46(2)41-62-75(116)100-60(31-37-88)74(115)96-56(25-14-34-85)71(112)95-55(23-10-12-32-83)70(111)97-58(27-16-38-91-82(89)90)73(114)102-63(42-49-44-92-53-21-8-6-19-51(49)53)76(117)98-57(26-15-35-86)72(113)99-59(30-36-87)69(110)94-47(3)68(109)101-61(24-11-13-33-84)79(120)107-40-18-29-65(107)80(121)106-39-17-28-64(106)77(118)104-67(48(4)108)81(122)105(5)66(78(119)103-62)43-50-45-93-54-22-9-7-20-52(50)54/h6-9,19-22,44-48,55-67,92-93,108H,10-18,23-43,83-88H2,1-5H3,(H,94,110)(H,95,112)(H,96,115)(H,97,111)(H,98,117)(H,99,113)(H,100,116)(H,101,109)(H,102,114)(H,103,119)(H,104,118)(H4,89,90,91)/t47-,48+,55+,56-,57-,58-,59-,60-,61-,62-,63-,64-,65+,66-,67-/m0/s1. The highest BCUT2D eigenvalue weighted by Crippen LogP contribution is 2.29. The van der Waals surface area contributed by atoms with E-state index in [4.69, 9.17) is 45.9 Å². The molecule has 5 heterocycles. The van der Waals surface area contributed by atoms with Crippen molar-refractivity contribution in [2.24, 2.45) is 56.8 Å². The van der Waals surface area contributed by atoms with Crippen molar-refractivity contribution in [1.82, 2.24) is 83.2 Å². The van der Waals surface area contributed by atoms with Crippen LogP contribution in [0.1, 0.15) is 161 Å². The van der Waals surface area contributed by atoms with Crippen LogP contribution in [0.4, 0.5) is 0 Å². The molecule has 2 aromatic carbocycles. The number of nitrogens with two attached hydrogens (primary N) is 8. The highest BCUT2D eigenvalue weighted by atomic mass is 16.3. The zero-order valence-corrected chi connectivity index (χ0v) is 70.8. The molecule has 122 heavy (non-hydrogen) atoms. The summed E-state index contributed by atoms with van der Waals surface area (Å²) in [6.45, 7) is 6.42. The van der Waals surface area contributed by atoms with Crippen molar-refractivity contribution in [3.8, 4) is 0 Å². The van der Waals surface area contributed by atoms with Gasteiger partial charge in [-0.05, 0) is 204 Å². The number of hydrogen-bond acceptors (Lipinski definition) is 22. The molecule has 15 atom stereocenters. The smallest absolute Gasteiger partial charge is 0.248 e. The van der Waals surface area contributed by atoms with Crippen molar-refractivity contribution < 1.29 is 72.2 Å². The van der Waals surface area contributed by atoms with Crippen LogP contribution in [0.15, 0.2) is 65.9 Å². The van der Waals surface area contributed by atoms with Gasteiger partial charge in [-0.2, -0.15) is 0 Å². The van der Waals surface area contributed by atoms with E-state index in [9.17, 15) is 43.5 Å². The number of rotatable bonds is 29. The van der Waals surface area contributed by atoms with Crippen molar-refractivity contribution >= 4 is 110 Å². The van der Waals surface area contributed by atoms with Crippen LogP contribution in [0.5, 0.6) is 0 Å². The van der Waals surface area contributed by atoms with Crippen LogP contribution in [0.2, 0.25) is 0 Å². The molecule has 14 amide bonds. The molecule has 30 N–H and O–H groups in total. The average Bonchev–Trinajstić information content (AvgIpc) is 1.58. The van der Waals surface area contributed by atoms with Gasteiger partial charge in [-0.3, -0.25) is 72.1 Å². The zero-order chi connectivity index (χ0) is 89.3. The molecule has 2 aromatic heterocycles. The van der Waals surface area contributed by atoms with Crippen LogP contribution in [0.25, 0.3) is 21.8 Å². The number of guanidine groups is 1. The third-order valence-corrected chi connectivity index (χ3v) is 22.3. The SMILES string of the molecule is CC(C)C[C@@H]1NC(=O)[C@H](Cc2c[nH]c3ccccc23)N(C)C(=O)[C@H]([C@@H](C)O)NC(=O)[C@@H]2CCCN2C(=O)[C@H]2CCCN2C(=O)[C@H](CCCCN)NC(=O)[C@H](C)NC(=O)[C@H](CCN)NC(=O)[C@H](CCCN)NC(=O)[C@H](Cc2c[nH]c3ccccc23)NC(=O)[C@H](CCCN=C(N)N)NC(=O)[C@@H](CCCCN)NC(=O)[C@H](CCCN)NC(=O)[C@H](CCN)NC1=O. The van der Waals surface area contributed by atoms with Crippen molar-refractivity contribution in [2.75, 3.05) is 66.0 Å². The van der Waals surface area contributed by atoms with E-state index in [2.05, 4.69) is 73.4 Å². The normalized spacial score (nSPS) is 25.5. The lowest BCUT2D eigenvalue weighted by molar-refractivity contribution is -0.149. The maximum absolute atomic E-state index is 15.3. The van der Waals surface area contributed by atoms with Gasteiger partial charge in [-0.1, -0.05) is 50.2 Å². The third kappa shape index (κ3) is 28.3. The Labute approximate surface area is 710 Å². The minimum atomic E-state index is -1.74. The number of aromatic amines is 2. The number of nitrogens with zero attached hydrogens (tertiary/aromatic N) is 4. The molecule has 4 aromatic rings. The number of likely N-dealkylation sites (N-methyl/N-ethyl adjacent to an activating group) is 1. The van der Waals surface area contributed by atoms with Crippen LogP contribution in [-0.2, 0) is 80.0 Å². The summed E-state index contributed by atoms with van der Waals surface area (Å²) in [5, 5.41) is 42.9. The number of fused-ring (bicyclic) bond motifs is 4. The molecule has 3 saturated heterocycles. The fraction of sp³-hybridized carbons (Fsp3) is 0.622. The van der Waals surface area contributed by atoms with Gasteiger partial charge in [0.1, 0.15) is 84.6 Å². The maximum atomic E-state index is 15.3. The maximum Gasteiger partial charge on any atom is 0.248 e. The Morgan fingerprint density at radius 3 is 1.28 bits per heavy atom. The first kappa shape index (κ1) is 98.2. The number of aliphatic hydroxyl groups is 1. The number of amides is 14. The highest BCUT2D eigenvalue weighted by molar-refractivity contribution is 6.02. The molecular formula is C82H131N25O15. The van der Waals surface area contributed by atoms with Crippen molar-refractivity contribution in [3.05, 3.63) is 72.1 Å². The van der Waals surface area contributed by atoms with Gasteiger partial charge in [-0.25, -0.2) is 0 Å². The van der Waals surface area contributed by atoms with E-state index >= 15 is 28.8 Å². The molecule has 3 aliphatic rings. The summed E-state index contributed by atoms with van der Waals surface area (Å²) in [4.78, 5) is 223. The Bertz CT molecular complexity index is 4230. The Morgan fingerprint density at radius 1 is 0.418 bits per heavy atom. The predicted octanol–water partition coefficient (Wildman–Crippen LogP) is -4.48. The molecule has 0 saturated carbocycles. The highest BCUT2D eigenvalue weighted by Gasteiger charge is 2.46. The van der Waals surface area contributed by atoms with E-state index in [0.29, 0.717) is 65.0 Å². The summed E-state index contributed by atoms with van der Waals surface area (Å²) in [5.74, 6) is -12.3. The molecule has 0 unspecified atom stereocenters. The number of unbranched alkanes of at least 4 members (excludes halogenated alkanes) is 2. The minimum absolute atomic E-state index is 0.0323. The van der Waals surface area contributed by atoms with Crippen LogP contribution in [-0.4, -0.2) is 275 Å². The molecule has 3 aliphatic heterocycles. The van der Waals surface area contributed by atoms with E-state index in [1.807, 2.05) is 0 Å². The largest absolute Gasteiger partial charge is 0.391 e. The van der Waals surface area contributed by atoms with Gasteiger partial charge in [0, 0.05) is 73.7 Å². The van der Waals surface area contributed by atoms with Crippen LogP contribution >= 0.6 is 0 Å². The minimum Gasteiger partial charge on any atom is -0.391 e. The first-order chi connectivity index (χ1) is 58.4. The summed E-state index contributed by atoms with van der Waals surface area (Å²) in [5.41, 5.74) is 49.9. The lowest BCUT2D eigenvalue weighted by Gasteiger charge is -2.35. The van der Waals surface area contributed by atoms with Gasteiger partial charge in [0.2, 0.25) is 82.7 Å². The third-order valence-electron chi connectivity index (χ3n) is 22.3. The Morgan fingerprint density at radius 2 is 0.811 bits per heavy atom. The number of benzene rings is 2. The molecule has 0 radical (unpaired) electrons. The molecule has 3 fully saturated rings. The van der Waals surface area contributed by atoms with Crippen molar-refractivity contribution in [1.29, 1.82) is 0 Å². The number of aliphatic hydroxyl groups excluding tert-OH is 1. The topological polar surface area (TPSA) is 653 Å². The first-order valence-electron chi connectivity index (χ1n) is 42.6. The number of carbonyl (C=O) groups is 14. The van der Waals surface area contributed by atoms with Crippen LogP contribution in [0.3, 0.4) is 0 Å². The van der Waals surface area contributed by atoms with E-state index in [0.717, 1.165) is 4.90 Å². The van der Waals surface area contributed by atoms with Gasteiger partial charge in [0.15, 0.2) is 5.96 Å². The van der Waals surface area contributed by atoms with E-state index in [-0.39, 0.29) is 174 Å². The number of H-pyrrole nitrogens is 2. The Balaban J connectivity index is 1.30. The molecular weight excluding hydrogens is 1580 g/mol. The monoisotopic (exact) mass is 1710 g/mol. The lowest BCUT2D eigenvalue weighted by Crippen LogP contribution is -2.62. The number of carbonyl (C=O) groups excluding carboxylic acids is 14. The Hall–Kier alpha value is -10.9. The van der Waals surface area contributed by atoms with E-state index in [1.54, 1.807) is 74.8 Å². The Kier molecular flexibility index (Phi) is 39.6. The summed E-state index contributed by atoms with van der Waals surface area (Å²) >= 11 is 0. The van der Waals surface area contributed by atoms with Gasteiger partial charge >= 0.3 is 0 Å². The lowest BCUT2D eigenvalue weighted by atomic mass is 9.99. The number of aromatic nitrogens is 2. The van der Waals surface area contributed by atoms with Gasteiger partial charge < -0.3 is 134 Å². The fourth-order valence-electron chi connectivity index (χ4n) is 15.5. The van der Waals surface area contributed by atoms with Crippen molar-refractivity contribution in [2.45, 2.75) is 253 Å². The fourth-order valence-corrected chi connectivity index (χ4v) is 15.5. The molecule has 0 spiro atoms. The number of para-hydroxylation sites is 2. The summed E-state index contributed by atoms with van der Waals surface area (Å²) in [7, 11) is 1.30. The van der Waals surface area contributed by atoms with Crippen LogP contribution in [0, 0.1) is 5.92 Å². The van der Waals surface area contributed by atoms with Gasteiger partial charge in [-0.15, -0.1) is 0 Å². The second-order valence-electron chi connectivity index (χ2n) is 32.1. The number of hydrogen-bond donors (Lipinski definition) is 22. The van der Waals surface area contributed by atoms with E-state index < -0.39 is 173 Å². The average molecular weight is 1710 g/mol. The molecule has 0 aliphatic carbocycles. The van der Waals surface area contributed by atoms with E-state index in [1.165, 1.54) is 30.7 Å². The van der Waals surface area contributed by atoms with Crippen molar-refractivity contribution in [3.63, 3.8) is 0 Å². The summed E-state index contributed by atoms with van der Waals surface area (Å²) < 4.78 is 0. The summed E-state index contributed by atoms with van der Waals surface area (Å²) in [6.07, 6.45) is 3.18. The van der Waals surface area contributed by atoms with Crippen LogP contribution < -0.4 is 104 Å².